The summed E-state index contributed by atoms with van der Waals surface area (Å²) in [6.07, 6.45) is -3.94. The minimum atomic E-state index is -1.52. The number of carbonyl (C=O) groups is 1. The standard InChI is InChI=1S/C11H12N4O7/c16-6-4(1-21-11(19)20)22-10(7(6)17)15-3-14-5-8(15)12-2-13-9(5)18/h2-4,6-7,10,16-17H,1H2,(H,19,20)(H,12,13,18). The number of hydrogen-bond acceptors (Lipinski definition) is 8. The molecule has 0 radical (unpaired) electrons. The van der Waals surface area contributed by atoms with Crippen molar-refractivity contribution >= 4 is 17.3 Å². The Morgan fingerprint density at radius 1 is 1.41 bits per heavy atom. The number of aliphatic hydroxyl groups excluding tert-OH is 2. The highest BCUT2D eigenvalue weighted by Crippen LogP contribution is 2.31. The molecule has 4 N–H and O–H groups in total. The van der Waals surface area contributed by atoms with Crippen LogP contribution in [0.2, 0.25) is 0 Å². The number of H-pyrrole nitrogens is 1. The van der Waals surface area contributed by atoms with Crippen molar-refractivity contribution in [2.45, 2.75) is 24.5 Å². The number of carboxylic acid groups (broad SMARTS) is 1. The third-order valence-corrected chi connectivity index (χ3v) is 3.35. The van der Waals surface area contributed by atoms with Crippen molar-refractivity contribution < 1.29 is 29.6 Å². The fourth-order valence-corrected chi connectivity index (χ4v) is 2.30. The summed E-state index contributed by atoms with van der Waals surface area (Å²) in [6.45, 7) is -0.440. The molecule has 0 aromatic carbocycles. The number of ether oxygens (including phenoxy) is 2. The Hall–Kier alpha value is -2.50. The Kier molecular flexibility index (Phi) is 3.52. The largest absolute Gasteiger partial charge is 0.505 e. The first-order valence-electron chi connectivity index (χ1n) is 6.26. The Labute approximate surface area is 121 Å². The van der Waals surface area contributed by atoms with Crippen LogP contribution in [0.25, 0.3) is 11.2 Å². The lowest BCUT2D eigenvalue weighted by Crippen LogP contribution is -2.34. The molecule has 1 saturated heterocycles. The zero-order valence-corrected chi connectivity index (χ0v) is 11.0. The maximum absolute atomic E-state index is 11.6. The molecule has 0 saturated carbocycles. The van der Waals surface area contributed by atoms with Crippen LogP contribution in [0.15, 0.2) is 17.4 Å². The second kappa shape index (κ2) is 5.36. The van der Waals surface area contributed by atoms with Crippen molar-refractivity contribution in [3.8, 4) is 0 Å². The number of aliphatic hydroxyl groups is 2. The molecule has 4 atom stereocenters. The van der Waals surface area contributed by atoms with Crippen molar-refractivity contribution in [2.24, 2.45) is 0 Å². The predicted octanol–water partition coefficient (Wildman–Crippen LogP) is -1.57. The van der Waals surface area contributed by atoms with E-state index < -0.39 is 42.9 Å². The number of hydrogen-bond donors (Lipinski definition) is 4. The third kappa shape index (κ3) is 2.30. The van der Waals surface area contributed by atoms with Gasteiger partial charge >= 0.3 is 6.16 Å². The molecule has 2 aromatic heterocycles. The van der Waals surface area contributed by atoms with Gasteiger partial charge in [-0.3, -0.25) is 9.36 Å². The molecule has 0 amide bonds. The SMILES string of the molecule is O=C(O)OCC1OC(n2cnc3c(=O)[nH]cnc32)C(O)C1O. The number of fused-ring (bicyclic) bond motifs is 1. The molecule has 11 heteroatoms. The predicted molar refractivity (Wildman–Crippen MR) is 68.0 cm³/mol. The molecule has 2 aromatic rings. The van der Waals surface area contributed by atoms with Crippen LogP contribution in [0, 0.1) is 0 Å². The van der Waals surface area contributed by atoms with Crippen LogP contribution in [-0.4, -0.2) is 65.9 Å². The van der Waals surface area contributed by atoms with Crippen molar-refractivity contribution in [1.29, 1.82) is 0 Å². The van der Waals surface area contributed by atoms with E-state index in [9.17, 15) is 19.8 Å². The summed E-state index contributed by atoms with van der Waals surface area (Å²) in [6, 6.07) is 0. The molecular formula is C11H12N4O7. The zero-order valence-electron chi connectivity index (χ0n) is 11.0. The lowest BCUT2D eigenvalue weighted by molar-refractivity contribution is -0.0579. The second-order valence-electron chi connectivity index (χ2n) is 4.68. The van der Waals surface area contributed by atoms with Gasteiger partial charge in [-0.25, -0.2) is 14.8 Å². The fourth-order valence-electron chi connectivity index (χ4n) is 2.30. The molecule has 3 heterocycles. The maximum Gasteiger partial charge on any atom is 0.505 e. The summed E-state index contributed by atoms with van der Waals surface area (Å²) in [5.74, 6) is 0. The number of aromatic nitrogens is 4. The molecule has 0 aliphatic carbocycles. The smallest absolute Gasteiger partial charge is 0.450 e. The third-order valence-electron chi connectivity index (χ3n) is 3.35. The van der Waals surface area contributed by atoms with E-state index in [2.05, 4.69) is 19.7 Å². The second-order valence-corrected chi connectivity index (χ2v) is 4.68. The van der Waals surface area contributed by atoms with Gasteiger partial charge in [-0.15, -0.1) is 0 Å². The lowest BCUT2D eigenvalue weighted by atomic mass is 10.1. The summed E-state index contributed by atoms with van der Waals surface area (Å²) in [4.78, 5) is 32.2. The van der Waals surface area contributed by atoms with Gasteiger partial charge in [0.2, 0.25) is 0 Å². The quantitative estimate of drug-likeness (QED) is 0.491. The van der Waals surface area contributed by atoms with Crippen LogP contribution >= 0.6 is 0 Å². The van der Waals surface area contributed by atoms with Gasteiger partial charge in [0.25, 0.3) is 5.56 Å². The maximum atomic E-state index is 11.6. The van der Waals surface area contributed by atoms with Crippen LogP contribution in [0.3, 0.4) is 0 Å². The molecule has 1 fully saturated rings. The van der Waals surface area contributed by atoms with Crippen molar-refractivity contribution in [3.05, 3.63) is 23.0 Å². The van der Waals surface area contributed by atoms with Gasteiger partial charge in [0.05, 0.1) is 12.7 Å². The molecule has 1 aliphatic rings. The van der Waals surface area contributed by atoms with Gasteiger partial charge in [-0.2, -0.15) is 0 Å². The van der Waals surface area contributed by atoms with Gasteiger partial charge in [0.15, 0.2) is 17.4 Å². The molecule has 3 rings (SSSR count). The van der Waals surface area contributed by atoms with Crippen LogP contribution in [-0.2, 0) is 9.47 Å². The topological polar surface area (TPSA) is 160 Å². The Morgan fingerprint density at radius 3 is 2.91 bits per heavy atom. The highest BCUT2D eigenvalue weighted by atomic mass is 16.7. The van der Waals surface area contributed by atoms with E-state index >= 15 is 0 Å². The number of aromatic amines is 1. The van der Waals surface area contributed by atoms with E-state index in [0.717, 1.165) is 0 Å². The highest BCUT2D eigenvalue weighted by molar-refractivity contribution is 5.68. The van der Waals surface area contributed by atoms with Gasteiger partial charge in [0, 0.05) is 0 Å². The summed E-state index contributed by atoms with van der Waals surface area (Å²) in [5.41, 5.74) is -0.236. The van der Waals surface area contributed by atoms with Crippen LogP contribution in [0.4, 0.5) is 4.79 Å². The number of imidazole rings is 1. The molecule has 0 spiro atoms. The fraction of sp³-hybridized carbons (Fsp3) is 0.455. The zero-order chi connectivity index (χ0) is 15.9. The average molecular weight is 312 g/mol. The first-order chi connectivity index (χ1) is 10.5. The first kappa shape index (κ1) is 14.4. The molecule has 1 aliphatic heterocycles. The number of nitrogens with one attached hydrogen (secondary N) is 1. The molecule has 4 unspecified atom stereocenters. The molecule has 22 heavy (non-hydrogen) atoms. The first-order valence-corrected chi connectivity index (χ1v) is 6.26. The minimum absolute atomic E-state index is 0.0537. The Bertz CT molecular complexity index is 756. The molecule has 11 nitrogen and oxygen atoms in total. The van der Waals surface area contributed by atoms with Crippen molar-refractivity contribution in [1.82, 2.24) is 19.5 Å². The average Bonchev–Trinajstić information content (AvgIpc) is 3.01. The summed E-state index contributed by atoms with van der Waals surface area (Å²) < 4.78 is 11.0. The van der Waals surface area contributed by atoms with E-state index in [1.165, 1.54) is 17.2 Å². The monoisotopic (exact) mass is 312 g/mol. The minimum Gasteiger partial charge on any atom is -0.450 e. The van der Waals surface area contributed by atoms with E-state index in [1.54, 1.807) is 0 Å². The van der Waals surface area contributed by atoms with E-state index in [0.29, 0.717) is 0 Å². The highest BCUT2D eigenvalue weighted by Gasteiger charge is 2.44. The van der Waals surface area contributed by atoms with Gasteiger partial charge < -0.3 is 29.8 Å². The summed E-state index contributed by atoms with van der Waals surface area (Å²) in [7, 11) is 0. The van der Waals surface area contributed by atoms with E-state index in [4.69, 9.17) is 9.84 Å². The van der Waals surface area contributed by atoms with E-state index in [1.807, 2.05) is 0 Å². The molecule has 118 valence electrons. The van der Waals surface area contributed by atoms with E-state index in [-0.39, 0.29) is 11.2 Å². The lowest BCUT2D eigenvalue weighted by Gasteiger charge is -2.16. The van der Waals surface area contributed by atoms with Gasteiger partial charge in [-0.05, 0) is 0 Å². The molecule has 0 bridgehead atoms. The molecular weight excluding hydrogens is 300 g/mol. The van der Waals surface area contributed by atoms with Crippen LogP contribution in [0.5, 0.6) is 0 Å². The van der Waals surface area contributed by atoms with Crippen molar-refractivity contribution in [3.63, 3.8) is 0 Å². The summed E-state index contributed by atoms with van der Waals surface area (Å²) in [5, 5.41) is 28.4. The van der Waals surface area contributed by atoms with Crippen molar-refractivity contribution in [2.75, 3.05) is 6.61 Å². The number of nitrogens with zero attached hydrogens (tertiary/aromatic N) is 3. The Balaban J connectivity index is 1.89. The van der Waals surface area contributed by atoms with Gasteiger partial charge in [0.1, 0.15) is 24.9 Å². The van der Waals surface area contributed by atoms with Crippen LogP contribution in [0.1, 0.15) is 6.23 Å². The van der Waals surface area contributed by atoms with Crippen LogP contribution < -0.4 is 5.56 Å². The number of rotatable bonds is 3. The normalized spacial score (nSPS) is 28.1. The van der Waals surface area contributed by atoms with Gasteiger partial charge in [-0.1, -0.05) is 0 Å². The Morgan fingerprint density at radius 2 is 2.18 bits per heavy atom. The summed E-state index contributed by atoms with van der Waals surface area (Å²) >= 11 is 0.